The van der Waals surface area contributed by atoms with Gasteiger partial charge in [0.1, 0.15) is 11.1 Å². The van der Waals surface area contributed by atoms with Crippen LogP contribution in [0.15, 0.2) is 18.2 Å². The second kappa shape index (κ2) is 5.75. The Kier molecular flexibility index (Phi) is 4.45. The van der Waals surface area contributed by atoms with Gasteiger partial charge >= 0.3 is 0 Å². The van der Waals surface area contributed by atoms with Gasteiger partial charge in [0.2, 0.25) is 10.0 Å². The summed E-state index contributed by atoms with van der Waals surface area (Å²) in [5.41, 5.74) is 0.189. The molecule has 0 aliphatic carbocycles. The average Bonchev–Trinajstić information content (AvgIpc) is 2.88. The van der Waals surface area contributed by atoms with E-state index in [1.807, 2.05) is 0 Å². The van der Waals surface area contributed by atoms with Crippen molar-refractivity contribution in [2.24, 2.45) is 0 Å². The topological polar surface area (TPSA) is 46.6 Å². The van der Waals surface area contributed by atoms with Crippen molar-refractivity contribution in [2.45, 2.75) is 18.2 Å². The number of sulfonamides is 1. The first-order valence-corrected chi connectivity index (χ1v) is 7.77. The summed E-state index contributed by atoms with van der Waals surface area (Å²) in [5.74, 6) is -0.503. The predicted molar refractivity (Wildman–Crippen MR) is 71.0 cm³/mol. The number of nitrogens with zero attached hydrogens (tertiary/aromatic N) is 1. The predicted octanol–water partition coefficient (Wildman–Crippen LogP) is 2.03. The van der Waals surface area contributed by atoms with Crippen molar-refractivity contribution in [1.82, 2.24) is 4.31 Å². The average molecular weight is 308 g/mol. The van der Waals surface area contributed by atoms with E-state index in [1.165, 1.54) is 19.2 Å². The Morgan fingerprint density at radius 3 is 2.84 bits per heavy atom. The van der Waals surface area contributed by atoms with E-state index in [4.69, 9.17) is 16.3 Å². The van der Waals surface area contributed by atoms with Crippen LogP contribution in [-0.4, -0.2) is 38.2 Å². The van der Waals surface area contributed by atoms with E-state index in [9.17, 15) is 12.8 Å². The SMILES string of the molecule is CN(Cc1c(F)cccc1Cl)S(=O)(=O)C1CCOC1. The number of hydrogen-bond acceptors (Lipinski definition) is 3. The second-order valence-electron chi connectivity index (χ2n) is 4.49. The monoisotopic (exact) mass is 307 g/mol. The molecule has 1 atom stereocenters. The minimum Gasteiger partial charge on any atom is -0.380 e. The molecule has 0 N–H and O–H groups in total. The molecule has 0 bridgehead atoms. The molecule has 1 fully saturated rings. The number of rotatable bonds is 4. The summed E-state index contributed by atoms with van der Waals surface area (Å²) in [4.78, 5) is 0. The van der Waals surface area contributed by atoms with Crippen molar-refractivity contribution < 1.29 is 17.5 Å². The molecular formula is C12H15ClFNO3S. The van der Waals surface area contributed by atoms with Crippen molar-refractivity contribution in [3.8, 4) is 0 Å². The smallest absolute Gasteiger partial charge is 0.219 e. The highest BCUT2D eigenvalue weighted by Crippen LogP contribution is 2.24. The van der Waals surface area contributed by atoms with E-state index in [-0.39, 0.29) is 23.7 Å². The lowest BCUT2D eigenvalue weighted by Crippen LogP contribution is -2.36. The summed E-state index contributed by atoms with van der Waals surface area (Å²) in [7, 11) is -2.06. The normalized spacial score (nSPS) is 20.1. The third-order valence-corrected chi connectivity index (χ3v) is 5.75. The van der Waals surface area contributed by atoms with Gasteiger partial charge < -0.3 is 4.74 Å². The Morgan fingerprint density at radius 1 is 1.53 bits per heavy atom. The Bertz CT molecular complexity index is 538. The zero-order chi connectivity index (χ0) is 14.0. The maximum atomic E-state index is 13.6. The van der Waals surface area contributed by atoms with Gasteiger partial charge in [-0.1, -0.05) is 17.7 Å². The van der Waals surface area contributed by atoms with E-state index in [1.54, 1.807) is 6.07 Å². The number of hydrogen-bond donors (Lipinski definition) is 0. The molecule has 1 aromatic rings. The van der Waals surface area contributed by atoms with Gasteiger partial charge in [-0.15, -0.1) is 0 Å². The molecule has 0 radical (unpaired) electrons. The quantitative estimate of drug-likeness (QED) is 0.855. The molecule has 106 valence electrons. The summed E-state index contributed by atoms with van der Waals surface area (Å²) < 4.78 is 44.3. The maximum Gasteiger partial charge on any atom is 0.219 e. The second-order valence-corrected chi connectivity index (χ2v) is 7.21. The lowest BCUT2D eigenvalue weighted by atomic mass is 10.2. The minimum absolute atomic E-state index is 0.0790. The summed E-state index contributed by atoms with van der Waals surface area (Å²) in [6.07, 6.45) is 0.470. The van der Waals surface area contributed by atoms with E-state index < -0.39 is 21.1 Å². The van der Waals surface area contributed by atoms with Crippen LogP contribution in [0, 0.1) is 5.82 Å². The van der Waals surface area contributed by atoms with Crippen LogP contribution in [0.25, 0.3) is 0 Å². The van der Waals surface area contributed by atoms with Crippen molar-refractivity contribution in [3.63, 3.8) is 0 Å². The fourth-order valence-electron chi connectivity index (χ4n) is 2.00. The van der Waals surface area contributed by atoms with Crippen LogP contribution in [0.1, 0.15) is 12.0 Å². The molecule has 0 saturated carbocycles. The molecule has 1 saturated heterocycles. The van der Waals surface area contributed by atoms with Gasteiger partial charge in [-0.2, -0.15) is 0 Å². The summed E-state index contributed by atoms with van der Waals surface area (Å²) in [5, 5.41) is -0.326. The Hall–Kier alpha value is -0.690. The first-order chi connectivity index (χ1) is 8.93. The molecule has 0 spiro atoms. The molecule has 1 heterocycles. The van der Waals surface area contributed by atoms with Gasteiger partial charge in [0, 0.05) is 30.8 Å². The third-order valence-electron chi connectivity index (χ3n) is 3.19. The number of halogens is 2. The molecule has 0 amide bonds. The Balaban J connectivity index is 2.19. The van der Waals surface area contributed by atoms with Crippen LogP contribution in [0.4, 0.5) is 4.39 Å². The van der Waals surface area contributed by atoms with Crippen LogP contribution in [-0.2, 0) is 21.3 Å². The number of benzene rings is 1. The van der Waals surface area contributed by atoms with Gasteiger partial charge in [0.15, 0.2) is 0 Å². The maximum absolute atomic E-state index is 13.6. The van der Waals surface area contributed by atoms with E-state index in [0.29, 0.717) is 13.0 Å². The fourth-order valence-corrected chi connectivity index (χ4v) is 3.70. The zero-order valence-electron chi connectivity index (χ0n) is 10.5. The molecule has 4 nitrogen and oxygen atoms in total. The molecular weight excluding hydrogens is 293 g/mol. The Labute approximate surface area is 117 Å². The van der Waals surface area contributed by atoms with Crippen LogP contribution < -0.4 is 0 Å². The number of ether oxygens (including phenoxy) is 1. The van der Waals surface area contributed by atoms with Gasteiger partial charge in [-0.3, -0.25) is 0 Å². The van der Waals surface area contributed by atoms with Crippen molar-refractivity contribution in [2.75, 3.05) is 20.3 Å². The molecule has 0 aromatic heterocycles. The van der Waals surface area contributed by atoms with Gasteiger partial charge in [0.25, 0.3) is 0 Å². The Morgan fingerprint density at radius 2 is 2.26 bits per heavy atom. The fraction of sp³-hybridized carbons (Fsp3) is 0.500. The molecule has 19 heavy (non-hydrogen) atoms. The summed E-state index contributed by atoms with van der Waals surface area (Å²) in [6.45, 7) is 0.556. The first kappa shape index (κ1) is 14.7. The highest BCUT2D eigenvalue weighted by Gasteiger charge is 2.33. The van der Waals surface area contributed by atoms with Crippen molar-refractivity contribution in [1.29, 1.82) is 0 Å². The molecule has 1 aliphatic rings. The van der Waals surface area contributed by atoms with E-state index in [2.05, 4.69) is 0 Å². The molecule has 1 unspecified atom stereocenters. The van der Waals surface area contributed by atoms with E-state index in [0.717, 1.165) is 4.31 Å². The van der Waals surface area contributed by atoms with Crippen molar-refractivity contribution in [3.05, 3.63) is 34.6 Å². The summed E-state index contributed by atoms with van der Waals surface area (Å²) >= 11 is 5.90. The molecule has 1 aromatic carbocycles. The van der Waals surface area contributed by atoms with Gasteiger partial charge in [-0.25, -0.2) is 17.1 Å². The standard InChI is InChI=1S/C12H15ClFNO3S/c1-15(19(16,17)9-5-6-18-8-9)7-10-11(13)3-2-4-12(10)14/h2-4,9H,5-8H2,1H3. The first-order valence-electron chi connectivity index (χ1n) is 5.88. The molecule has 2 rings (SSSR count). The zero-order valence-corrected chi connectivity index (χ0v) is 12.0. The van der Waals surface area contributed by atoms with E-state index >= 15 is 0 Å². The minimum atomic E-state index is -3.49. The lowest BCUT2D eigenvalue weighted by molar-refractivity contribution is 0.198. The molecule has 7 heteroatoms. The van der Waals surface area contributed by atoms with Crippen LogP contribution in [0.3, 0.4) is 0 Å². The van der Waals surface area contributed by atoms with Crippen LogP contribution >= 0.6 is 11.6 Å². The van der Waals surface area contributed by atoms with Crippen LogP contribution in [0.2, 0.25) is 5.02 Å². The third kappa shape index (κ3) is 3.08. The highest BCUT2D eigenvalue weighted by atomic mass is 35.5. The van der Waals surface area contributed by atoms with Crippen LogP contribution in [0.5, 0.6) is 0 Å². The lowest BCUT2D eigenvalue weighted by Gasteiger charge is -2.21. The highest BCUT2D eigenvalue weighted by molar-refractivity contribution is 7.89. The van der Waals surface area contributed by atoms with Gasteiger partial charge in [0.05, 0.1) is 6.61 Å². The summed E-state index contributed by atoms with van der Waals surface area (Å²) in [6, 6.07) is 4.29. The van der Waals surface area contributed by atoms with Crippen molar-refractivity contribution >= 4 is 21.6 Å². The van der Waals surface area contributed by atoms with Gasteiger partial charge in [-0.05, 0) is 18.6 Å². The largest absolute Gasteiger partial charge is 0.380 e. The molecule has 1 aliphatic heterocycles.